The van der Waals surface area contributed by atoms with E-state index in [1.807, 2.05) is 22.8 Å². The first kappa shape index (κ1) is 16.7. The van der Waals surface area contributed by atoms with E-state index >= 15 is 0 Å². The van der Waals surface area contributed by atoms with Crippen molar-refractivity contribution in [1.29, 1.82) is 0 Å². The first-order valence-electron chi connectivity index (χ1n) is 6.44. The van der Waals surface area contributed by atoms with Crippen molar-refractivity contribution in [1.82, 2.24) is 15.8 Å². The number of nitrogens with zero attached hydrogens (tertiary/aromatic N) is 2. The average molecular weight is 289 g/mol. The number of fused-ring (bicyclic) bond motifs is 1. The molecule has 0 aliphatic heterocycles. The van der Waals surface area contributed by atoms with Crippen LogP contribution in [0.15, 0.2) is 48.8 Å². The van der Waals surface area contributed by atoms with Gasteiger partial charge in [0.05, 0.1) is 25.0 Å². The summed E-state index contributed by atoms with van der Waals surface area (Å²) in [7, 11) is 3.17. The lowest BCUT2D eigenvalue weighted by Gasteiger charge is -2.08. The zero-order chi connectivity index (χ0) is 14.5. The zero-order valence-electron chi connectivity index (χ0n) is 12.7. The third kappa shape index (κ3) is 3.39. The van der Waals surface area contributed by atoms with Gasteiger partial charge in [0.1, 0.15) is 5.75 Å². The molecule has 0 unspecified atom stereocenters. The molecule has 3 aromatic rings. The van der Waals surface area contributed by atoms with Crippen LogP contribution in [0.4, 0.5) is 0 Å². The number of benzene rings is 1. The predicted molar refractivity (Wildman–Crippen MR) is 89.2 cm³/mol. The molecular weight excluding hydrogens is 264 g/mol. The van der Waals surface area contributed by atoms with Gasteiger partial charge in [-0.2, -0.15) is 5.10 Å². The van der Waals surface area contributed by atoms with Crippen LogP contribution in [0.3, 0.4) is 0 Å². The number of aromatic nitrogens is 2. The molecule has 5 heteroatoms. The van der Waals surface area contributed by atoms with Gasteiger partial charge >= 0.3 is 0 Å². The summed E-state index contributed by atoms with van der Waals surface area (Å²) in [4.78, 5) is 0. The van der Waals surface area contributed by atoms with Crippen molar-refractivity contribution in [2.75, 3.05) is 14.2 Å². The highest BCUT2D eigenvalue weighted by Gasteiger charge is 2.07. The maximum atomic E-state index is 5.32. The zero-order valence-corrected chi connectivity index (χ0v) is 12.7. The van der Waals surface area contributed by atoms with Gasteiger partial charge in [0, 0.05) is 6.99 Å². The van der Waals surface area contributed by atoms with E-state index in [0.717, 1.165) is 16.8 Å². The van der Waals surface area contributed by atoms with Crippen LogP contribution in [-0.2, 0) is 0 Å². The first-order valence-corrected chi connectivity index (χ1v) is 6.44. The maximum absolute atomic E-state index is 5.32. The minimum atomic E-state index is 0. The molecule has 2 heterocycles. The highest BCUT2D eigenvalue weighted by Crippen LogP contribution is 2.28. The van der Waals surface area contributed by atoms with Crippen LogP contribution in [0.25, 0.3) is 16.6 Å². The first-order chi connectivity index (χ1) is 9.78. The molecule has 0 amide bonds. The number of ether oxygens (including phenoxy) is 1. The van der Waals surface area contributed by atoms with Crippen molar-refractivity contribution in [3.63, 3.8) is 0 Å². The number of methoxy groups -OCH3 is 1. The van der Waals surface area contributed by atoms with Crippen molar-refractivity contribution in [2.45, 2.75) is 6.92 Å². The molecule has 21 heavy (non-hydrogen) atoms. The predicted octanol–water partition coefficient (Wildman–Crippen LogP) is 3.30. The summed E-state index contributed by atoms with van der Waals surface area (Å²) in [6, 6.07) is 12.5. The van der Waals surface area contributed by atoms with Gasteiger partial charge in [0.25, 0.3) is 0 Å². The van der Waals surface area contributed by atoms with Gasteiger partial charge in [0.2, 0.25) is 0 Å². The van der Waals surface area contributed by atoms with Gasteiger partial charge in [-0.25, -0.2) is 4.52 Å². The fraction of sp³-hybridized carbons (Fsp3) is 0.188. The summed E-state index contributed by atoms with van der Waals surface area (Å²) >= 11 is 0. The Balaban J connectivity index is 0.00000106. The summed E-state index contributed by atoms with van der Waals surface area (Å²) in [5.74, 6) is 0.807. The van der Waals surface area contributed by atoms with E-state index in [2.05, 4.69) is 42.0 Å². The van der Waals surface area contributed by atoms with E-state index in [1.54, 1.807) is 13.3 Å². The number of nitrogens with two attached hydrogens (primary N) is 1. The standard InChI is InChI=1S/C15H14N2O.CH5N.H3N.H2/c1-11-3-5-12(6-4-11)14-9-13(18-2)10-17-15(14)7-8-16-17;1-2;;/h3-10H,1-2H3;2H2,1H3;1H3;1H/i;;;1+1. The molecular formula is C16H24N4O. The molecule has 0 radical (unpaired) electrons. The second-order valence-electron chi connectivity index (χ2n) is 4.32. The van der Waals surface area contributed by atoms with E-state index in [-0.39, 0.29) is 7.58 Å². The van der Waals surface area contributed by atoms with Gasteiger partial charge in [-0.1, -0.05) is 29.8 Å². The van der Waals surface area contributed by atoms with E-state index in [1.165, 1.54) is 18.2 Å². The monoisotopic (exact) mass is 289 g/mol. The quantitative estimate of drug-likeness (QED) is 0.757. The number of rotatable bonds is 2. The SMILES string of the molecule is CN.COc1cc(-c2ccc(C)cc2)c2ccnn2c1.N.[2HH]. The lowest BCUT2D eigenvalue weighted by atomic mass is 10.0. The Morgan fingerprint density at radius 1 is 1.14 bits per heavy atom. The normalized spacial score (nSPS) is 9.52. The van der Waals surface area contributed by atoms with Crippen molar-refractivity contribution >= 4 is 5.52 Å². The fourth-order valence-corrected chi connectivity index (χ4v) is 2.08. The van der Waals surface area contributed by atoms with E-state index in [9.17, 15) is 0 Å². The Labute approximate surface area is 126 Å². The molecule has 0 atom stereocenters. The van der Waals surface area contributed by atoms with Gasteiger partial charge in [0.15, 0.2) is 0 Å². The molecule has 0 saturated heterocycles. The Kier molecular flexibility index (Phi) is 5.90. The van der Waals surface area contributed by atoms with Gasteiger partial charge in [-0.3, -0.25) is 0 Å². The van der Waals surface area contributed by atoms with E-state index in [0.29, 0.717) is 0 Å². The largest absolute Gasteiger partial charge is 0.495 e. The highest BCUT2D eigenvalue weighted by atomic mass is 16.5. The molecule has 5 nitrogen and oxygen atoms in total. The second-order valence-corrected chi connectivity index (χ2v) is 4.32. The molecule has 0 aliphatic carbocycles. The Hall–Kier alpha value is -2.37. The highest BCUT2D eigenvalue weighted by molar-refractivity contribution is 5.81. The molecule has 0 bridgehead atoms. The average Bonchev–Trinajstić information content (AvgIpc) is 2.97. The summed E-state index contributed by atoms with van der Waals surface area (Å²) in [6.45, 7) is 2.09. The summed E-state index contributed by atoms with van der Waals surface area (Å²) < 4.78 is 7.16. The number of hydrogen-bond acceptors (Lipinski definition) is 4. The van der Waals surface area contributed by atoms with E-state index in [4.69, 9.17) is 4.74 Å². The lowest BCUT2D eigenvalue weighted by Crippen LogP contribution is -1.93. The topological polar surface area (TPSA) is 87.5 Å². The van der Waals surface area contributed by atoms with E-state index < -0.39 is 0 Å². The maximum Gasteiger partial charge on any atom is 0.137 e. The minimum Gasteiger partial charge on any atom is -0.495 e. The molecule has 0 saturated carbocycles. The van der Waals surface area contributed by atoms with Crippen molar-refractivity contribution in [3.8, 4) is 16.9 Å². The van der Waals surface area contributed by atoms with Crippen molar-refractivity contribution < 1.29 is 6.16 Å². The number of hydrogen-bond donors (Lipinski definition) is 2. The summed E-state index contributed by atoms with van der Waals surface area (Å²) in [5, 5.41) is 4.27. The van der Waals surface area contributed by atoms with Gasteiger partial charge < -0.3 is 16.6 Å². The molecule has 0 aliphatic rings. The molecule has 1 aromatic carbocycles. The Morgan fingerprint density at radius 3 is 2.43 bits per heavy atom. The van der Waals surface area contributed by atoms with Crippen LogP contribution in [0.2, 0.25) is 0 Å². The third-order valence-corrected chi connectivity index (χ3v) is 3.08. The Bertz CT molecular complexity index is 695. The van der Waals surface area contributed by atoms with Crippen molar-refractivity contribution in [2.24, 2.45) is 5.73 Å². The van der Waals surface area contributed by atoms with Crippen LogP contribution in [0.5, 0.6) is 5.75 Å². The fourth-order valence-electron chi connectivity index (χ4n) is 2.08. The van der Waals surface area contributed by atoms with Crippen LogP contribution >= 0.6 is 0 Å². The van der Waals surface area contributed by atoms with Crippen molar-refractivity contribution in [3.05, 3.63) is 54.4 Å². The van der Waals surface area contributed by atoms with Crippen LogP contribution < -0.4 is 16.6 Å². The van der Waals surface area contributed by atoms with Crippen LogP contribution in [0.1, 0.15) is 6.99 Å². The minimum absolute atomic E-state index is 0. The molecule has 0 spiro atoms. The summed E-state index contributed by atoms with van der Waals surface area (Å²) in [5.41, 5.74) is 9.14. The summed E-state index contributed by atoms with van der Waals surface area (Å²) in [6.07, 6.45) is 3.68. The molecule has 3 rings (SSSR count). The number of aryl methyl sites for hydroxylation is 1. The van der Waals surface area contributed by atoms with Gasteiger partial charge in [-0.05, 0) is 31.7 Å². The second kappa shape index (κ2) is 7.42. The third-order valence-electron chi connectivity index (χ3n) is 3.08. The van der Waals surface area contributed by atoms with Gasteiger partial charge in [-0.15, -0.1) is 0 Å². The Morgan fingerprint density at radius 2 is 1.81 bits per heavy atom. The van der Waals surface area contributed by atoms with Crippen LogP contribution in [0, 0.1) is 6.92 Å². The van der Waals surface area contributed by atoms with Crippen LogP contribution in [-0.4, -0.2) is 23.8 Å². The lowest BCUT2D eigenvalue weighted by molar-refractivity contribution is 0.412. The molecule has 2 aromatic heterocycles. The number of pyridine rings is 1. The molecule has 5 N–H and O–H groups in total. The molecule has 0 fully saturated rings. The molecule has 114 valence electrons. The smallest absolute Gasteiger partial charge is 0.137 e.